The summed E-state index contributed by atoms with van der Waals surface area (Å²) in [6, 6.07) is 3.50. The Labute approximate surface area is 121 Å². The number of rotatable bonds is 1. The Morgan fingerprint density at radius 1 is 1.05 bits per heavy atom. The van der Waals surface area contributed by atoms with E-state index in [1.54, 1.807) is 0 Å². The van der Waals surface area contributed by atoms with Crippen LogP contribution in [0.15, 0.2) is 24.4 Å². The minimum absolute atomic E-state index is 0.0467. The van der Waals surface area contributed by atoms with Crippen molar-refractivity contribution in [2.75, 3.05) is 0 Å². The largest absolute Gasteiger partial charge is 0.433 e. The van der Waals surface area contributed by atoms with E-state index in [0.717, 1.165) is 12.3 Å². The molecular formula is C11H4Cl3F3N2. The lowest BCUT2D eigenvalue weighted by atomic mass is 10.2. The summed E-state index contributed by atoms with van der Waals surface area (Å²) in [6.07, 6.45) is -3.57. The lowest BCUT2D eigenvalue weighted by molar-refractivity contribution is -0.141. The lowest BCUT2D eigenvalue weighted by Gasteiger charge is -2.09. The lowest BCUT2D eigenvalue weighted by Crippen LogP contribution is -2.09. The fraction of sp³-hybridized carbons (Fsp3) is 0.0909. The Morgan fingerprint density at radius 2 is 1.74 bits per heavy atom. The predicted octanol–water partition coefficient (Wildman–Crippen LogP) is 5.12. The van der Waals surface area contributed by atoms with Gasteiger partial charge in [0.05, 0.1) is 10.0 Å². The fourth-order valence-corrected chi connectivity index (χ4v) is 2.05. The molecule has 0 unspecified atom stereocenters. The van der Waals surface area contributed by atoms with Crippen LogP contribution in [0.4, 0.5) is 13.2 Å². The van der Waals surface area contributed by atoms with Gasteiger partial charge in [-0.15, -0.1) is 0 Å². The maximum atomic E-state index is 12.6. The molecule has 0 aliphatic rings. The first-order chi connectivity index (χ1) is 8.79. The van der Waals surface area contributed by atoms with Crippen molar-refractivity contribution < 1.29 is 13.2 Å². The van der Waals surface area contributed by atoms with Crippen molar-refractivity contribution >= 4 is 34.8 Å². The van der Waals surface area contributed by atoms with E-state index < -0.39 is 11.9 Å². The molecule has 100 valence electrons. The van der Waals surface area contributed by atoms with Crippen molar-refractivity contribution in [1.29, 1.82) is 0 Å². The summed E-state index contributed by atoms with van der Waals surface area (Å²) in [5.74, 6) is -0.191. The Morgan fingerprint density at radius 3 is 2.37 bits per heavy atom. The molecule has 0 bridgehead atoms. The number of nitrogens with zero attached hydrogens (tertiary/aromatic N) is 2. The van der Waals surface area contributed by atoms with Crippen LogP contribution in [0.2, 0.25) is 15.1 Å². The monoisotopic (exact) mass is 326 g/mol. The van der Waals surface area contributed by atoms with Gasteiger partial charge in [-0.2, -0.15) is 13.2 Å². The van der Waals surface area contributed by atoms with Crippen LogP contribution in [0.25, 0.3) is 11.4 Å². The quantitative estimate of drug-likeness (QED) is 0.679. The third-order valence-corrected chi connectivity index (χ3v) is 3.20. The summed E-state index contributed by atoms with van der Waals surface area (Å²) in [4.78, 5) is 7.17. The van der Waals surface area contributed by atoms with Crippen molar-refractivity contribution in [1.82, 2.24) is 9.97 Å². The van der Waals surface area contributed by atoms with E-state index in [1.807, 2.05) is 0 Å². The van der Waals surface area contributed by atoms with Gasteiger partial charge in [-0.1, -0.05) is 34.8 Å². The molecule has 0 aliphatic carbocycles. The molecule has 0 fully saturated rings. The zero-order valence-electron chi connectivity index (χ0n) is 8.97. The van der Waals surface area contributed by atoms with Crippen LogP contribution in [-0.4, -0.2) is 9.97 Å². The fourth-order valence-electron chi connectivity index (χ4n) is 1.37. The summed E-state index contributed by atoms with van der Waals surface area (Å²) >= 11 is 17.5. The highest BCUT2D eigenvalue weighted by Crippen LogP contribution is 2.36. The summed E-state index contributed by atoms with van der Waals surface area (Å²) in [6.45, 7) is 0. The van der Waals surface area contributed by atoms with Crippen LogP contribution in [0.3, 0.4) is 0 Å². The highest BCUT2D eigenvalue weighted by atomic mass is 35.5. The van der Waals surface area contributed by atoms with Crippen molar-refractivity contribution in [2.24, 2.45) is 0 Å². The number of benzene rings is 1. The first-order valence-corrected chi connectivity index (χ1v) is 5.97. The third-order valence-electron chi connectivity index (χ3n) is 2.18. The number of halogens is 6. The number of aromatic nitrogens is 2. The molecule has 2 aromatic rings. The standard InChI is InChI=1S/C11H4Cl3F3N2/c12-5-3-6(9(14)7(13)4-5)10-18-2-1-8(19-10)11(15,16)17/h1-4H. The van der Waals surface area contributed by atoms with Crippen molar-refractivity contribution in [3.8, 4) is 11.4 Å². The van der Waals surface area contributed by atoms with Gasteiger partial charge in [0.25, 0.3) is 0 Å². The minimum Gasteiger partial charge on any atom is -0.237 e. The SMILES string of the molecule is FC(F)(F)c1ccnc(-c2cc(Cl)cc(Cl)c2Cl)n1. The van der Waals surface area contributed by atoms with Crippen LogP contribution in [0.5, 0.6) is 0 Å². The predicted molar refractivity (Wildman–Crippen MR) is 67.5 cm³/mol. The van der Waals surface area contributed by atoms with Gasteiger partial charge < -0.3 is 0 Å². The Bertz CT molecular complexity index is 629. The van der Waals surface area contributed by atoms with Gasteiger partial charge in [-0.25, -0.2) is 9.97 Å². The van der Waals surface area contributed by atoms with Gasteiger partial charge in [-0.05, 0) is 18.2 Å². The first-order valence-electron chi connectivity index (χ1n) is 4.84. The van der Waals surface area contributed by atoms with E-state index in [1.165, 1.54) is 12.1 Å². The van der Waals surface area contributed by atoms with Gasteiger partial charge in [0, 0.05) is 16.8 Å². The molecule has 0 amide bonds. The summed E-state index contributed by atoms with van der Waals surface area (Å²) in [7, 11) is 0. The molecule has 0 radical (unpaired) electrons. The first kappa shape index (κ1) is 14.4. The molecule has 1 aromatic carbocycles. The normalized spacial score (nSPS) is 11.7. The molecule has 0 spiro atoms. The van der Waals surface area contributed by atoms with E-state index in [4.69, 9.17) is 34.8 Å². The summed E-state index contributed by atoms with van der Waals surface area (Å²) in [5, 5.41) is 0.390. The second-order valence-electron chi connectivity index (χ2n) is 3.51. The maximum Gasteiger partial charge on any atom is 0.433 e. The van der Waals surface area contributed by atoms with E-state index in [9.17, 15) is 13.2 Å². The second-order valence-corrected chi connectivity index (χ2v) is 4.73. The Hall–Kier alpha value is -1.04. The van der Waals surface area contributed by atoms with Crippen LogP contribution in [0, 0.1) is 0 Å². The van der Waals surface area contributed by atoms with Crippen LogP contribution >= 0.6 is 34.8 Å². The molecule has 2 nitrogen and oxygen atoms in total. The van der Waals surface area contributed by atoms with Crippen LogP contribution in [-0.2, 0) is 6.18 Å². The molecule has 0 aliphatic heterocycles. The molecule has 1 heterocycles. The van der Waals surface area contributed by atoms with E-state index in [0.29, 0.717) is 0 Å². The van der Waals surface area contributed by atoms with Crippen molar-refractivity contribution in [3.63, 3.8) is 0 Å². The summed E-state index contributed by atoms with van der Waals surface area (Å²) < 4.78 is 37.7. The van der Waals surface area contributed by atoms with Crippen molar-refractivity contribution in [3.05, 3.63) is 45.2 Å². The highest BCUT2D eigenvalue weighted by molar-refractivity contribution is 6.44. The topological polar surface area (TPSA) is 25.8 Å². The molecule has 0 saturated carbocycles. The second kappa shape index (κ2) is 5.15. The average Bonchev–Trinajstić information content (AvgIpc) is 2.33. The van der Waals surface area contributed by atoms with E-state index in [2.05, 4.69) is 9.97 Å². The highest BCUT2D eigenvalue weighted by Gasteiger charge is 2.33. The van der Waals surface area contributed by atoms with E-state index in [-0.39, 0.29) is 26.5 Å². The molecule has 1 aromatic heterocycles. The maximum absolute atomic E-state index is 12.6. The average molecular weight is 328 g/mol. The molecule has 0 saturated heterocycles. The zero-order chi connectivity index (χ0) is 14.2. The summed E-state index contributed by atoms with van der Waals surface area (Å²) in [5.41, 5.74) is -0.921. The number of hydrogen-bond donors (Lipinski definition) is 0. The van der Waals surface area contributed by atoms with Gasteiger partial charge >= 0.3 is 6.18 Å². The molecule has 0 N–H and O–H groups in total. The van der Waals surface area contributed by atoms with Gasteiger partial charge in [0.1, 0.15) is 5.69 Å². The molecule has 0 atom stereocenters. The van der Waals surface area contributed by atoms with Crippen LogP contribution < -0.4 is 0 Å². The molecule has 19 heavy (non-hydrogen) atoms. The zero-order valence-corrected chi connectivity index (χ0v) is 11.2. The molecule has 8 heteroatoms. The Balaban J connectivity index is 2.60. The smallest absolute Gasteiger partial charge is 0.237 e. The Kier molecular flexibility index (Phi) is 3.90. The minimum atomic E-state index is -4.56. The van der Waals surface area contributed by atoms with Gasteiger partial charge in [-0.3, -0.25) is 0 Å². The third kappa shape index (κ3) is 3.11. The molecule has 2 rings (SSSR count). The number of alkyl halides is 3. The van der Waals surface area contributed by atoms with Crippen molar-refractivity contribution in [2.45, 2.75) is 6.18 Å². The van der Waals surface area contributed by atoms with Crippen LogP contribution in [0.1, 0.15) is 5.69 Å². The number of hydrogen-bond acceptors (Lipinski definition) is 2. The van der Waals surface area contributed by atoms with Gasteiger partial charge in [0.2, 0.25) is 0 Å². The van der Waals surface area contributed by atoms with E-state index >= 15 is 0 Å². The molecular weight excluding hydrogens is 323 g/mol. The van der Waals surface area contributed by atoms with Gasteiger partial charge in [0.15, 0.2) is 5.82 Å².